The third kappa shape index (κ3) is 6.14. The van der Waals surface area contributed by atoms with Gasteiger partial charge in [-0.05, 0) is 55.7 Å². The molecule has 0 aromatic heterocycles. The Labute approximate surface area is 197 Å². The van der Waals surface area contributed by atoms with Crippen LogP contribution in [0.2, 0.25) is 0 Å². The maximum atomic E-state index is 13.2. The molecule has 0 amide bonds. The number of allylic oxidation sites excluding steroid dienone is 4. The molecule has 180 valence electrons. The average molecular weight is 457 g/mol. The first-order valence-corrected chi connectivity index (χ1v) is 11.1. The number of ketones is 2. The lowest BCUT2D eigenvalue weighted by atomic mass is 9.76. The first-order valence-electron chi connectivity index (χ1n) is 11.1. The highest BCUT2D eigenvalue weighted by Gasteiger charge is 2.37. The Morgan fingerprint density at radius 2 is 1.73 bits per heavy atom. The van der Waals surface area contributed by atoms with Gasteiger partial charge in [-0.2, -0.15) is 0 Å². The Morgan fingerprint density at radius 1 is 1.06 bits per heavy atom. The molecule has 1 aliphatic carbocycles. The molecular weight excluding hydrogens is 420 g/mol. The number of carbonyl (C=O) groups is 2. The Morgan fingerprint density at radius 3 is 2.30 bits per heavy atom. The Kier molecular flexibility index (Phi) is 9.06. The van der Waals surface area contributed by atoms with Crippen LogP contribution in [0.5, 0.6) is 11.5 Å². The van der Waals surface area contributed by atoms with Crippen molar-refractivity contribution in [3.05, 3.63) is 59.4 Å². The van der Waals surface area contributed by atoms with Crippen molar-refractivity contribution in [2.75, 3.05) is 28.4 Å². The molecule has 0 fully saturated rings. The predicted molar refractivity (Wildman–Crippen MR) is 128 cm³/mol. The lowest BCUT2D eigenvalue weighted by Crippen LogP contribution is -2.37. The van der Waals surface area contributed by atoms with Gasteiger partial charge in [-0.3, -0.25) is 9.59 Å². The fourth-order valence-electron chi connectivity index (χ4n) is 4.13. The molecule has 0 heterocycles. The van der Waals surface area contributed by atoms with E-state index in [0.29, 0.717) is 23.7 Å². The van der Waals surface area contributed by atoms with Gasteiger partial charge in [0.15, 0.2) is 17.3 Å². The first-order chi connectivity index (χ1) is 15.6. The maximum absolute atomic E-state index is 13.2. The van der Waals surface area contributed by atoms with Crippen LogP contribution >= 0.6 is 0 Å². The molecule has 0 N–H and O–H groups in total. The second kappa shape index (κ2) is 11.3. The predicted octanol–water partition coefficient (Wildman–Crippen LogP) is 4.72. The van der Waals surface area contributed by atoms with Crippen molar-refractivity contribution in [3.63, 3.8) is 0 Å². The smallest absolute Gasteiger partial charge is 0.168 e. The van der Waals surface area contributed by atoms with Crippen molar-refractivity contribution in [2.45, 2.75) is 40.2 Å². The average Bonchev–Trinajstić information content (AvgIpc) is 2.81. The largest absolute Gasteiger partial charge is 0.498 e. The fourth-order valence-corrected chi connectivity index (χ4v) is 4.13. The minimum Gasteiger partial charge on any atom is -0.498 e. The normalized spacial score (nSPS) is 19.5. The van der Waals surface area contributed by atoms with Crippen molar-refractivity contribution >= 4 is 11.6 Å². The number of Topliss-reactive ketones (excluding diaryl/α,β-unsaturated/α-hetero) is 1. The van der Waals surface area contributed by atoms with E-state index >= 15 is 0 Å². The summed E-state index contributed by atoms with van der Waals surface area (Å²) in [5.41, 5.74) is 0.650. The molecule has 1 aliphatic rings. The van der Waals surface area contributed by atoms with Gasteiger partial charge in [-0.25, -0.2) is 0 Å². The number of ether oxygens (including phenoxy) is 4. The Hall–Kier alpha value is -2.86. The van der Waals surface area contributed by atoms with Gasteiger partial charge >= 0.3 is 0 Å². The van der Waals surface area contributed by atoms with Crippen molar-refractivity contribution in [1.82, 2.24) is 0 Å². The van der Waals surface area contributed by atoms with Crippen LogP contribution in [0.4, 0.5) is 0 Å². The second-order valence-corrected chi connectivity index (χ2v) is 8.91. The summed E-state index contributed by atoms with van der Waals surface area (Å²) in [7, 11) is 6.40. The molecule has 0 spiro atoms. The van der Waals surface area contributed by atoms with Crippen LogP contribution in [0, 0.1) is 17.3 Å². The highest BCUT2D eigenvalue weighted by molar-refractivity contribution is 6.11. The molecule has 3 unspecified atom stereocenters. The van der Waals surface area contributed by atoms with E-state index in [1.807, 2.05) is 44.2 Å². The Balaban J connectivity index is 2.12. The number of rotatable bonds is 11. The van der Waals surface area contributed by atoms with Gasteiger partial charge in [0, 0.05) is 18.9 Å². The number of carbonyl (C=O) groups excluding carboxylic acids is 2. The van der Waals surface area contributed by atoms with Crippen molar-refractivity contribution < 1.29 is 28.5 Å². The van der Waals surface area contributed by atoms with E-state index < -0.39 is 5.41 Å². The van der Waals surface area contributed by atoms with Crippen LogP contribution in [0.1, 0.15) is 33.3 Å². The number of hydrogen-bond donors (Lipinski definition) is 0. The minimum absolute atomic E-state index is 0.0980. The van der Waals surface area contributed by atoms with Crippen LogP contribution in [0.3, 0.4) is 0 Å². The summed E-state index contributed by atoms with van der Waals surface area (Å²) < 4.78 is 21.5. The van der Waals surface area contributed by atoms with Gasteiger partial charge < -0.3 is 18.9 Å². The van der Waals surface area contributed by atoms with Crippen LogP contribution < -0.4 is 9.47 Å². The van der Waals surface area contributed by atoms with Crippen LogP contribution in [0.25, 0.3) is 0 Å². The molecule has 6 heteroatoms. The van der Waals surface area contributed by atoms with Gasteiger partial charge in [0.1, 0.15) is 17.6 Å². The zero-order chi connectivity index (χ0) is 24.8. The lowest BCUT2D eigenvalue weighted by Gasteiger charge is -2.26. The minimum atomic E-state index is -1.14. The van der Waals surface area contributed by atoms with E-state index in [-0.39, 0.29) is 29.5 Å². The molecule has 0 bridgehead atoms. The van der Waals surface area contributed by atoms with E-state index in [1.54, 1.807) is 48.4 Å². The zero-order valence-corrected chi connectivity index (χ0v) is 20.9. The van der Waals surface area contributed by atoms with Crippen molar-refractivity contribution in [1.29, 1.82) is 0 Å². The molecule has 6 nitrogen and oxygen atoms in total. The SMILES string of the molecule is COC1=CC(/C=C/C(=O)C(C)(C)C(=O)C(C)Cc2ccc(OC)c(OC)c2)=CC(C)C1OC. The molecule has 0 aliphatic heterocycles. The summed E-state index contributed by atoms with van der Waals surface area (Å²) in [6, 6.07) is 5.59. The summed E-state index contributed by atoms with van der Waals surface area (Å²) in [6.07, 6.45) is 7.44. The monoisotopic (exact) mass is 456 g/mol. The maximum Gasteiger partial charge on any atom is 0.168 e. The number of benzene rings is 1. The Bertz CT molecular complexity index is 953. The summed E-state index contributed by atoms with van der Waals surface area (Å²) >= 11 is 0. The topological polar surface area (TPSA) is 71.1 Å². The van der Waals surface area contributed by atoms with Gasteiger partial charge in [0.2, 0.25) is 0 Å². The number of hydrogen-bond acceptors (Lipinski definition) is 6. The van der Waals surface area contributed by atoms with Crippen LogP contribution in [0.15, 0.2) is 53.8 Å². The molecule has 33 heavy (non-hydrogen) atoms. The van der Waals surface area contributed by atoms with Crippen molar-refractivity contribution in [2.24, 2.45) is 17.3 Å². The summed E-state index contributed by atoms with van der Waals surface area (Å²) in [6.45, 7) is 7.24. The van der Waals surface area contributed by atoms with E-state index in [0.717, 1.165) is 11.1 Å². The first kappa shape index (κ1) is 26.4. The summed E-state index contributed by atoms with van der Waals surface area (Å²) in [5.74, 6) is 1.37. The van der Waals surface area contributed by atoms with E-state index in [4.69, 9.17) is 18.9 Å². The van der Waals surface area contributed by atoms with E-state index in [2.05, 4.69) is 0 Å². The molecule has 1 aromatic carbocycles. The van der Waals surface area contributed by atoms with Crippen molar-refractivity contribution in [3.8, 4) is 11.5 Å². The standard InChI is InChI=1S/C27H36O6/c1-17-13-20(16-23(32-7)25(17)33-8)10-12-24(28)27(3,4)26(29)18(2)14-19-9-11-21(30-5)22(15-19)31-6/h9-13,15-18,25H,14H2,1-8H3/b12-10+. The fraction of sp³-hybridized carbons (Fsp3) is 0.481. The summed E-state index contributed by atoms with van der Waals surface area (Å²) in [4.78, 5) is 26.2. The van der Waals surface area contributed by atoms with Crippen LogP contribution in [-0.2, 0) is 25.5 Å². The third-order valence-electron chi connectivity index (χ3n) is 6.11. The zero-order valence-electron chi connectivity index (χ0n) is 20.9. The number of methoxy groups -OCH3 is 4. The molecule has 3 atom stereocenters. The van der Waals surface area contributed by atoms with Crippen LogP contribution in [-0.4, -0.2) is 46.1 Å². The highest BCUT2D eigenvalue weighted by atomic mass is 16.5. The van der Waals surface area contributed by atoms with Gasteiger partial charge in [0.05, 0.1) is 26.7 Å². The third-order valence-corrected chi connectivity index (χ3v) is 6.11. The van der Waals surface area contributed by atoms with Gasteiger partial charge in [-0.15, -0.1) is 0 Å². The molecular formula is C27H36O6. The quantitative estimate of drug-likeness (QED) is 0.354. The van der Waals surface area contributed by atoms with Gasteiger partial charge in [0.25, 0.3) is 0 Å². The van der Waals surface area contributed by atoms with E-state index in [1.165, 1.54) is 6.08 Å². The second-order valence-electron chi connectivity index (χ2n) is 8.91. The lowest BCUT2D eigenvalue weighted by molar-refractivity contribution is -0.138. The molecule has 2 rings (SSSR count). The highest BCUT2D eigenvalue weighted by Crippen LogP contribution is 2.31. The van der Waals surface area contributed by atoms with E-state index in [9.17, 15) is 9.59 Å². The van der Waals surface area contributed by atoms with Gasteiger partial charge in [-0.1, -0.05) is 32.1 Å². The summed E-state index contributed by atoms with van der Waals surface area (Å²) in [5, 5.41) is 0. The molecule has 0 saturated carbocycles. The molecule has 0 saturated heterocycles. The molecule has 1 aromatic rings. The molecule has 0 radical (unpaired) electrons.